The van der Waals surface area contributed by atoms with Crippen LogP contribution < -0.4 is 5.32 Å². The van der Waals surface area contributed by atoms with Crippen LogP contribution in [0.15, 0.2) is 23.6 Å². The molecule has 1 aromatic heterocycles. The molecule has 0 bridgehead atoms. The van der Waals surface area contributed by atoms with Crippen molar-refractivity contribution in [1.29, 1.82) is 0 Å². The molecule has 1 atom stereocenters. The molecule has 0 saturated carbocycles. The first-order valence-electron chi connectivity index (χ1n) is 5.71. The van der Waals surface area contributed by atoms with Crippen LogP contribution in [0, 0.1) is 13.8 Å². The summed E-state index contributed by atoms with van der Waals surface area (Å²) in [6, 6.07) is 6.20. The highest BCUT2D eigenvalue weighted by atomic mass is 35.5. The zero-order valence-electron chi connectivity index (χ0n) is 10.6. The Morgan fingerprint density at radius 1 is 1.11 bits per heavy atom. The molecule has 2 rings (SSSR count). The fourth-order valence-electron chi connectivity index (χ4n) is 2.05. The summed E-state index contributed by atoms with van der Waals surface area (Å²) < 4.78 is 0. The van der Waals surface area contributed by atoms with Gasteiger partial charge < -0.3 is 5.32 Å². The molecule has 0 aliphatic carbocycles. The van der Waals surface area contributed by atoms with Gasteiger partial charge in [0.05, 0.1) is 11.1 Å². The number of hydrogen-bond donors (Lipinski definition) is 1. The van der Waals surface area contributed by atoms with Gasteiger partial charge >= 0.3 is 0 Å². The van der Waals surface area contributed by atoms with E-state index in [1.165, 1.54) is 11.1 Å². The molecule has 96 valence electrons. The van der Waals surface area contributed by atoms with Crippen molar-refractivity contribution in [1.82, 2.24) is 5.32 Å². The van der Waals surface area contributed by atoms with Gasteiger partial charge in [0.25, 0.3) is 0 Å². The van der Waals surface area contributed by atoms with Crippen LogP contribution in [-0.4, -0.2) is 7.05 Å². The maximum atomic E-state index is 6.23. The minimum Gasteiger partial charge on any atom is -0.309 e. The lowest BCUT2D eigenvalue weighted by Crippen LogP contribution is -2.18. The monoisotopic (exact) mass is 299 g/mol. The minimum atomic E-state index is 0.119. The molecule has 1 unspecified atom stereocenters. The maximum Gasteiger partial charge on any atom is 0.0686 e. The Labute approximate surface area is 122 Å². The number of benzene rings is 1. The summed E-state index contributed by atoms with van der Waals surface area (Å²) in [5, 5.41) is 6.97. The summed E-state index contributed by atoms with van der Waals surface area (Å²) in [7, 11) is 1.95. The standard InChI is InChI=1S/C14H15Cl2NS/c1-8-7-12(16)9(2)6-10(8)13(17-3)14-11(15)4-5-18-14/h4-7,13,17H,1-3H3. The third-order valence-electron chi connectivity index (χ3n) is 3.05. The smallest absolute Gasteiger partial charge is 0.0686 e. The normalized spacial score (nSPS) is 12.7. The molecule has 0 saturated heterocycles. The van der Waals surface area contributed by atoms with E-state index in [1.807, 2.05) is 31.5 Å². The number of rotatable bonds is 3. The van der Waals surface area contributed by atoms with Gasteiger partial charge in [0.15, 0.2) is 0 Å². The molecule has 0 fully saturated rings. The summed E-state index contributed by atoms with van der Waals surface area (Å²) >= 11 is 14.0. The van der Waals surface area contributed by atoms with Crippen molar-refractivity contribution in [2.75, 3.05) is 7.05 Å². The van der Waals surface area contributed by atoms with Gasteiger partial charge in [-0.3, -0.25) is 0 Å². The zero-order valence-corrected chi connectivity index (χ0v) is 12.9. The van der Waals surface area contributed by atoms with Gasteiger partial charge in [-0.25, -0.2) is 0 Å². The third kappa shape index (κ3) is 2.57. The maximum absolute atomic E-state index is 6.23. The van der Waals surface area contributed by atoms with Crippen LogP contribution in [0.2, 0.25) is 10.0 Å². The summed E-state index contributed by atoms with van der Waals surface area (Å²) in [6.07, 6.45) is 0. The van der Waals surface area contributed by atoms with Crippen molar-refractivity contribution >= 4 is 34.5 Å². The molecule has 18 heavy (non-hydrogen) atoms. The molecule has 0 amide bonds. The van der Waals surface area contributed by atoms with Crippen LogP contribution in [0.1, 0.15) is 27.6 Å². The average Bonchev–Trinajstić information content (AvgIpc) is 2.73. The molecule has 0 radical (unpaired) electrons. The van der Waals surface area contributed by atoms with Crippen molar-refractivity contribution in [3.8, 4) is 0 Å². The fourth-order valence-corrected chi connectivity index (χ4v) is 3.56. The largest absolute Gasteiger partial charge is 0.309 e. The van der Waals surface area contributed by atoms with Crippen molar-refractivity contribution in [2.24, 2.45) is 0 Å². The van der Waals surface area contributed by atoms with E-state index < -0.39 is 0 Å². The van der Waals surface area contributed by atoms with Gasteiger partial charge in [0, 0.05) is 9.90 Å². The SMILES string of the molecule is CNC(c1cc(C)c(Cl)cc1C)c1sccc1Cl. The second-order valence-electron chi connectivity index (χ2n) is 4.31. The molecular weight excluding hydrogens is 285 g/mol. The lowest BCUT2D eigenvalue weighted by atomic mass is 9.98. The Morgan fingerprint density at radius 2 is 1.83 bits per heavy atom. The predicted molar refractivity (Wildman–Crippen MR) is 81.2 cm³/mol. The Morgan fingerprint density at radius 3 is 2.39 bits per heavy atom. The third-order valence-corrected chi connectivity index (χ3v) is 4.88. The molecule has 0 spiro atoms. The van der Waals surface area contributed by atoms with Crippen LogP contribution in [-0.2, 0) is 0 Å². The number of halogens is 2. The van der Waals surface area contributed by atoms with E-state index in [0.29, 0.717) is 0 Å². The van der Waals surface area contributed by atoms with E-state index in [9.17, 15) is 0 Å². The van der Waals surface area contributed by atoms with Crippen LogP contribution in [0.25, 0.3) is 0 Å². The summed E-state index contributed by atoms with van der Waals surface area (Å²) in [6.45, 7) is 4.10. The zero-order chi connectivity index (χ0) is 13.3. The first-order chi connectivity index (χ1) is 8.54. The van der Waals surface area contributed by atoms with E-state index in [-0.39, 0.29) is 6.04 Å². The van der Waals surface area contributed by atoms with Crippen molar-refractivity contribution in [2.45, 2.75) is 19.9 Å². The van der Waals surface area contributed by atoms with Crippen LogP contribution >= 0.6 is 34.5 Å². The lowest BCUT2D eigenvalue weighted by Gasteiger charge is -2.19. The second kappa shape index (κ2) is 5.62. The van der Waals surface area contributed by atoms with Crippen LogP contribution in [0.3, 0.4) is 0 Å². The van der Waals surface area contributed by atoms with E-state index in [1.54, 1.807) is 11.3 Å². The first-order valence-corrected chi connectivity index (χ1v) is 7.35. The van der Waals surface area contributed by atoms with Gasteiger partial charge in [0.2, 0.25) is 0 Å². The summed E-state index contributed by atoms with van der Waals surface area (Å²) in [5.74, 6) is 0. The van der Waals surface area contributed by atoms with Crippen LogP contribution in [0.5, 0.6) is 0 Å². The number of hydrogen-bond acceptors (Lipinski definition) is 2. The van der Waals surface area contributed by atoms with E-state index in [2.05, 4.69) is 18.3 Å². The van der Waals surface area contributed by atoms with E-state index in [0.717, 1.165) is 20.5 Å². The Kier molecular flexibility index (Phi) is 4.33. The average molecular weight is 300 g/mol. The van der Waals surface area contributed by atoms with Crippen molar-refractivity contribution in [3.63, 3.8) is 0 Å². The highest BCUT2D eigenvalue weighted by molar-refractivity contribution is 7.10. The van der Waals surface area contributed by atoms with Gasteiger partial charge in [-0.15, -0.1) is 11.3 Å². The number of thiophene rings is 1. The van der Waals surface area contributed by atoms with Gasteiger partial charge in [-0.05, 0) is 55.1 Å². The molecular formula is C14H15Cl2NS. The number of nitrogens with one attached hydrogen (secondary N) is 1. The quantitative estimate of drug-likeness (QED) is 0.843. The lowest BCUT2D eigenvalue weighted by molar-refractivity contribution is 0.699. The minimum absolute atomic E-state index is 0.119. The molecule has 1 N–H and O–H groups in total. The highest BCUT2D eigenvalue weighted by Gasteiger charge is 2.19. The van der Waals surface area contributed by atoms with Gasteiger partial charge in [-0.2, -0.15) is 0 Å². The van der Waals surface area contributed by atoms with Gasteiger partial charge in [-0.1, -0.05) is 29.3 Å². The predicted octanol–water partition coefficient (Wildman–Crippen LogP) is 4.98. The Hall–Kier alpha value is -0.540. The summed E-state index contributed by atoms with van der Waals surface area (Å²) in [4.78, 5) is 1.14. The highest BCUT2D eigenvalue weighted by Crippen LogP contribution is 2.35. The van der Waals surface area contributed by atoms with E-state index in [4.69, 9.17) is 23.2 Å². The van der Waals surface area contributed by atoms with Crippen molar-refractivity contribution < 1.29 is 0 Å². The molecule has 1 nitrogen and oxygen atoms in total. The molecule has 4 heteroatoms. The topological polar surface area (TPSA) is 12.0 Å². The molecule has 1 aromatic carbocycles. The second-order valence-corrected chi connectivity index (χ2v) is 6.07. The molecule has 0 aliphatic heterocycles. The van der Waals surface area contributed by atoms with E-state index >= 15 is 0 Å². The van der Waals surface area contributed by atoms with Crippen LogP contribution in [0.4, 0.5) is 0 Å². The Balaban J connectivity index is 2.52. The Bertz CT molecular complexity index is 563. The fraction of sp³-hybridized carbons (Fsp3) is 0.286. The molecule has 2 aromatic rings. The number of aryl methyl sites for hydroxylation is 2. The summed E-state index contributed by atoms with van der Waals surface area (Å²) in [5.41, 5.74) is 3.49. The molecule has 1 heterocycles. The molecule has 0 aliphatic rings. The van der Waals surface area contributed by atoms with Gasteiger partial charge in [0.1, 0.15) is 0 Å². The van der Waals surface area contributed by atoms with Crippen molar-refractivity contribution in [3.05, 3.63) is 55.2 Å². The first kappa shape index (κ1) is 13.9.